The van der Waals surface area contributed by atoms with Gasteiger partial charge in [-0.3, -0.25) is 4.79 Å². The predicted molar refractivity (Wildman–Crippen MR) is 123 cm³/mol. The first-order valence-electron chi connectivity index (χ1n) is 9.24. The van der Waals surface area contributed by atoms with Crippen molar-refractivity contribution in [2.24, 2.45) is 0 Å². The lowest BCUT2D eigenvalue weighted by Crippen LogP contribution is -2.18. The molecule has 0 radical (unpaired) electrons. The summed E-state index contributed by atoms with van der Waals surface area (Å²) in [6, 6.07) is 20.0. The minimum Gasteiger partial charge on any atom is -0.378 e. The molecule has 0 aromatic heterocycles. The maximum atomic E-state index is 13.5. The second kappa shape index (κ2) is 9.21. The van der Waals surface area contributed by atoms with Crippen molar-refractivity contribution in [3.63, 3.8) is 0 Å². The highest BCUT2D eigenvalue weighted by Crippen LogP contribution is 2.36. The molecule has 0 saturated heterocycles. The Labute approximate surface area is 187 Å². The summed E-state index contributed by atoms with van der Waals surface area (Å²) in [5.41, 5.74) is 1.94. The van der Waals surface area contributed by atoms with Crippen molar-refractivity contribution in [1.29, 1.82) is 0 Å². The number of sulfone groups is 1. The van der Waals surface area contributed by atoms with Crippen molar-refractivity contribution in [3.05, 3.63) is 94.0 Å². The van der Waals surface area contributed by atoms with Gasteiger partial charge >= 0.3 is 0 Å². The Bertz CT molecular complexity index is 1140. The van der Waals surface area contributed by atoms with Gasteiger partial charge in [0.25, 0.3) is 0 Å². The number of hydrogen-bond acceptors (Lipinski definition) is 4. The Hall–Kier alpha value is -2.34. The Morgan fingerprint density at radius 3 is 2.10 bits per heavy atom. The van der Waals surface area contributed by atoms with Crippen LogP contribution in [0.25, 0.3) is 0 Å². The van der Waals surface area contributed by atoms with Crippen LogP contribution in [0.15, 0.2) is 77.7 Å². The zero-order valence-corrected chi connectivity index (χ0v) is 18.9. The van der Waals surface area contributed by atoms with Crippen LogP contribution < -0.4 is 4.90 Å². The van der Waals surface area contributed by atoms with Crippen LogP contribution >= 0.6 is 23.2 Å². The highest BCUT2D eigenvalue weighted by Gasteiger charge is 2.32. The second-order valence-corrected chi connectivity index (χ2v) is 10.0. The van der Waals surface area contributed by atoms with E-state index in [1.807, 2.05) is 31.1 Å². The summed E-state index contributed by atoms with van der Waals surface area (Å²) >= 11 is 12.0. The summed E-state index contributed by atoms with van der Waals surface area (Å²) in [4.78, 5) is 14.8. The molecule has 0 fully saturated rings. The molecule has 3 aromatic carbocycles. The van der Waals surface area contributed by atoms with Gasteiger partial charge in [0.2, 0.25) is 0 Å². The number of Topliss-reactive ketones (excluding diaryl/α,β-unsaturated/α-hetero) is 1. The molecule has 7 heteroatoms. The minimum absolute atomic E-state index is 0.0273. The number of ketones is 1. The maximum Gasteiger partial charge on any atom is 0.185 e. The van der Waals surface area contributed by atoms with Gasteiger partial charge in [0.1, 0.15) is 0 Å². The van der Waals surface area contributed by atoms with E-state index in [4.69, 9.17) is 23.2 Å². The molecule has 4 nitrogen and oxygen atoms in total. The summed E-state index contributed by atoms with van der Waals surface area (Å²) in [6.45, 7) is 0. The van der Waals surface area contributed by atoms with Crippen molar-refractivity contribution in [3.8, 4) is 0 Å². The van der Waals surface area contributed by atoms with E-state index in [2.05, 4.69) is 0 Å². The highest BCUT2D eigenvalue weighted by molar-refractivity contribution is 7.91. The molecule has 1 atom stereocenters. The van der Waals surface area contributed by atoms with Crippen LogP contribution in [0.5, 0.6) is 0 Å². The van der Waals surface area contributed by atoms with Gasteiger partial charge in [-0.2, -0.15) is 0 Å². The summed E-state index contributed by atoms with van der Waals surface area (Å²) in [5, 5.41) is -0.643. The van der Waals surface area contributed by atoms with Crippen LogP contribution in [0.3, 0.4) is 0 Å². The molecular formula is C23H21Cl2NO3S. The molecule has 0 spiro atoms. The minimum atomic E-state index is -3.91. The van der Waals surface area contributed by atoms with Crippen LogP contribution in [-0.2, 0) is 9.84 Å². The monoisotopic (exact) mass is 461 g/mol. The Morgan fingerprint density at radius 2 is 1.53 bits per heavy atom. The molecule has 0 N–H and O–H groups in total. The van der Waals surface area contributed by atoms with Gasteiger partial charge in [0.15, 0.2) is 15.6 Å². The summed E-state index contributed by atoms with van der Waals surface area (Å²) in [5.74, 6) is -0.249. The van der Waals surface area contributed by atoms with Crippen molar-refractivity contribution >= 4 is 44.5 Å². The number of benzene rings is 3. The van der Waals surface area contributed by atoms with Gasteiger partial charge in [0, 0.05) is 31.8 Å². The van der Waals surface area contributed by atoms with E-state index < -0.39 is 15.1 Å². The quantitative estimate of drug-likeness (QED) is 0.414. The molecular weight excluding hydrogens is 441 g/mol. The average Bonchev–Trinajstić information content (AvgIpc) is 2.74. The van der Waals surface area contributed by atoms with Crippen molar-refractivity contribution < 1.29 is 13.2 Å². The average molecular weight is 462 g/mol. The fourth-order valence-corrected chi connectivity index (χ4v) is 5.24. The number of halogens is 2. The lowest BCUT2D eigenvalue weighted by atomic mass is 10.0. The van der Waals surface area contributed by atoms with Crippen molar-refractivity contribution in [2.45, 2.75) is 16.6 Å². The first-order valence-corrected chi connectivity index (χ1v) is 11.5. The summed E-state index contributed by atoms with van der Waals surface area (Å²) in [7, 11) is -0.106. The van der Waals surface area contributed by atoms with Gasteiger partial charge in [-0.1, -0.05) is 65.7 Å². The molecule has 3 aromatic rings. The Balaban J connectivity index is 2.06. The molecule has 0 bridgehead atoms. The second-order valence-electron chi connectivity index (χ2n) is 7.09. The first-order chi connectivity index (χ1) is 14.2. The SMILES string of the molecule is CN(C)c1ccc([C@@H](CC(=O)c2ccccc2)S(=O)(=O)c2ccc(Cl)c(Cl)c2)cc1. The first kappa shape index (κ1) is 22.3. The standard InChI is InChI=1S/C23H21Cl2NO3S/c1-26(2)18-10-8-17(9-11-18)23(15-22(27)16-6-4-3-5-7-16)30(28,29)19-12-13-20(24)21(25)14-19/h3-14,23H,15H2,1-2H3/t23-/m1/s1. The van der Waals surface area contributed by atoms with E-state index in [-0.39, 0.29) is 27.1 Å². The number of anilines is 1. The Kier molecular flexibility index (Phi) is 6.86. The van der Waals surface area contributed by atoms with E-state index in [0.29, 0.717) is 11.1 Å². The molecule has 0 aliphatic heterocycles. The van der Waals surface area contributed by atoms with Crippen LogP contribution in [0, 0.1) is 0 Å². The molecule has 0 aliphatic rings. The zero-order valence-electron chi connectivity index (χ0n) is 16.5. The molecule has 0 saturated carbocycles. The van der Waals surface area contributed by atoms with Crippen LogP contribution in [0.2, 0.25) is 10.0 Å². The number of carbonyl (C=O) groups excluding carboxylic acids is 1. The van der Waals surface area contributed by atoms with E-state index >= 15 is 0 Å². The predicted octanol–water partition coefficient (Wildman–Crippen LogP) is 5.85. The van der Waals surface area contributed by atoms with Gasteiger partial charge in [-0.25, -0.2) is 8.42 Å². The molecule has 0 aliphatic carbocycles. The van der Waals surface area contributed by atoms with Crippen LogP contribution in [0.1, 0.15) is 27.6 Å². The van der Waals surface area contributed by atoms with Crippen LogP contribution in [-0.4, -0.2) is 28.3 Å². The zero-order chi connectivity index (χ0) is 21.9. The van der Waals surface area contributed by atoms with Gasteiger partial charge in [-0.15, -0.1) is 0 Å². The number of carbonyl (C=O) groups is 1. The maximum absolute atomic E-state index is 13.5. The van der Waals surface area contributed by atoms with E-state index in [0.717, 1.165) is 5.69 Å². The van der Waals surface area contributed by atoms with Gasteiger partial charge in [-0.05, 0) is 35.9 Å². The van der Waals surface area contributed by atoms with Crippen molar-refractivity contribution in [1.82, 2.24) is 0 Å². The lowest BCUT2D eigenvalue weighted by Gasteiger charge is -2.20. The van der Waals surface area contributed by atoms with E-state index in [1.165, 1.54) is 18.2 Å². The Morgan fingerprint density at radius 1 is 0.900 bits per heavy atom. The summed E-state index contributed by atoms with van der Waals surface area (Å²) < 4.78 is 27.0. The molecule has 0 unspecified atom stereocenters. The molecule has 156 valence electrons. The number of rotatable bonds is 7. The third-order valence-corrected chi connectivity index (χ3v) is 7.68. The molecule has 30 heavy (non-hydrogen) atoms. The van der Waals surface area contributed by atoms with E-state index in [1.54, 1.807) is 42.5 Å². The topological polar surface area (TPSA) is 54.5 Å². The van der Waals surface area contributed by atoms with E-state index in [9.17, 15) is 13.2 Å². The van der Waals surface area contributed by atoms with Crippen molar-refractivity contribution in [2.75, 3.05) is 19.0 Å². The normalized spacial score (nSPS) is 12.4. The largest absolute Gasteiger partial charge is 0.378 e. The fraction of sp³-hybridized carbons (Fsp3) is 0.174. The third-order valence-electron chi connectivity index (χ3n) is 4.84. The summed E-state index contributed by atoms with van der Waals surface area (Å²) in [6.07, 6.45) is -0.187. The molecule has 0 amide bonds. The molecule has 0 heterocycles. The van der Waals surface area contributed by atoms with Gasteiger partial charge in [0.05, 0.1) is 20.2 Å². The third kappa shape index (κ3) is 4.86. The number of hydrogen-bond donors (Lipinski definition) is 0. The van der Waals surface area contributed by atoms with Crippen LogP contribution in [0.4, 0.5) is 5.69 Å². The van der Waals surface area contributed by atoms with Gasteiger partial charge < -0.3 is 4.90 Å². The molecule has 3 rings (SSSR count). The highest BCUT2D eigenvalue weighted by atomic mass is 35.5. The number of nitrogens with zero attached hydrogens (tertiary/aromatic N) is 1. The lowest BCUT2D eigenvalue weighted by molar-refractivity contribution is 0.0980. The smallest absolute Gasteiger partial charge is 0.185 e. The fourth-order valence-electron chi connectivity index (χ4n) is 3.12.